The second kappa shape index (κ2) is 15.1. The van der Waals surface area contributed by atoms with Crippen molar-refractivity contribution >= 4 is 40.2 Å². The Morgan fingerprint density at radius 3 is 2.07 bits per heavy atom. The number of hydrogen-bond acceptors (Lipinski definition) is 5. The number of amides is 3. The van der Waals surface area contributed by atoms with Gasteiger partial charge in [-0.05, 0) is 77.6 Å². The summed E-state index contributed by atoms with van der Waals surface area (Å²) in [6.07, 6.45) is 2.13. The van der Waals surface area contributed by atoms with Crippen LogP contribution < -0.4 is 4.90 Å². The van der Waals surface area contributed by atoms with Gasteiger partial charge in [-0.15, -0.1) is 0 Å². The van der Waals surface area contributed by atoms with Crippen LogP contribution >= 0.6 is 0 Å². The molecule has 0 unspecified atom stereocenters. The number of carbonyl (C=O) groups is 3. The highest BCUT2D eigenvalue weighted by atomic mass is 16.5. The van der Waals surface area contributed by atoms with Gasteiger partial charge in [-0.1, -0.05) is 78.9 Å². The quantitative estimate of drug-likeness (QED) is 0.181. The summed E-state index contributed by atoms with van der Waals surface area (Å²) in [4.78, 5) is 49.9. The van der Waals surface area contributed by atoms with E-state index in [4.69, 9.17) is 4.74 Å². The third-order valence-corrected chi connectivity index (χ3v) is 11.5. The smallest absolute Gasteiger partial charge is 0.407 e. The average Bonchev–Trinajstić information content (AvgIpc) is 3.63. The van der Waals surface area contributed by atoms with Gasteiger partial charge in [0.1, 0.15) is 0 Å². The summed E-state index contributed by atoms with van der Waals surface area (Å²) in [5.41, 5.74) is 8.10. The predicted molar refractivity (Wildman–Crippen MR) is 216 cm³/mol. The van der Waals surface area contributed by atoms with Gasteiger partial charge in [-0.2, -0.15) is 0 Å². The second-order valence-electron chi connectivity index (χ2n) is 14.8. The molecule has 3 aliphatic rings. The molecule has 4 heterocycles. The normalized spacial score (nSPS) is 17.0. The van der Waals surface area contributed by atoms with Crippen molar-refractivity contribution in [3.63, 3.8) is 0 Å². The molecule has 3 amide bonds. The standard InChI is InChI=1S/C46H43N5O5/c52-44(49-29-34-12-8-7-11-32(34)25-38(49)30-47-21-23-56-24-22-47)40-26-35-28-48(46(54)55)20-19-33(35)27-43(40)50-31-41(39-17-9-10-18-42(39)50)45(53)51(36-13-3-1-4-14-36)37-15-5-2-6-16-37/h1-18,26-27,31,38H,19-25,28-30H2,(H,54,55)/t38-/m0/s1. The number of ether oxygens (including phenoxy) is 1. The minimum Gasteiger partial charge on any atom is -0.465 e. The number of rotatable bonds is 7. The molecule has 282 valence electrons. The molecule has 5 aromatic carbocycles. The van der Waals surface area contributed by atoms with Gasteiger partial charge in [0.05, 0.1) is 35.5 Å². The van der Waals surface area contributed by atoms with Crippen molar-refractivity contribution < 1.29 is 24.2 Å². The minimum atomic E-state index is -0.980. The molecule has 3 aliphatic heterocycles. The number of para-hydroxylation sites is 3. The van der Waals surface area contributed by atoms with E-state index in [1.165, 1.54) is 10.5 Å². The topological polar surface area (TPSA) is 98.6 Å². The molecule has 0 saturated carbocycles. The number of fused-ring (bicyclic) bond motifs is 3. The Bertz CT molecular complexity index is 2380. The highest BCUT2D eigenvalue weighted by Crippen LogP contribution is 2.36. The lowest BCUT2D eigenvalue weighted by molar-refractivity contribution is 0.0193. The summed E-state index contributed by atoms with van der Waals surface area (Å²) in [5.74, 6) is -0.317. The van der Waals surface area contributed by atoms with Gasteiger partial charge in [0.25, 0.3) is 11.8 Å². The van der Waals surface area contributed by atoms with Gasteiger partial charge in [-0.3, -0.25) is 19.4 Å². The van der Waals surface area contributed by atoms with Crippen LogP contribution in [0.3, 0.4) is 0 Å². The van der Waals surface area contributed by atoms with Crippen molar-refractivity contribution in [2.24, 2.45) is 0 Å². The van der Waals surface area contributed by atoms with E-state index < -0.39 is 6.09 Å². The van der Waals surface area contributed by atoms with Gasteiger partial charge in [0.2, 0.25) is 0 Å². The third kappa shape index (κ3) is 6.71. The molecule has 10 nitrogen and oxygen atoms in total. The van der Waals surface area contributed by atoms with Crippen LogP contribution in [-0.2, 0) is 30.7 Å². The fourth-order valence-corrected chi connectivity index (χ4v) is 8.56. The summed E-state index contributed by atoms with van der Waals surface area (Å²) >= 11 is 0. The van der Waals surface area contributed by atoms with Gasteiger partial charge >= 0.3 is 6.09 Å². The molecule has 1 fully saturated rings. The van der Waals surface area contributed by atoms with Crippen molar-refractivity contribution in [1.82, 2.24) is 19.3 Å². The SMILES string of the molecule is O=C(O)N1CCc2cc(-n3cc(C(=O)N(c4ccccc4)c4ccccc4)c4ccccc43)c(C(=O)N3Cc4ccccc4C[C@H]3CN3CCOCC3)cc2C1. The van der Waals surface area contributed by atoms with Gasteiger partial charge in [-0.25, -0.2) is 4.79 Å². The Morgan fingerprint density at radius 2 is 1.36 bits per heavy atom. The Balaban J connectivity index is 1.19. The van der Waals surface area contributed by atoms with Crippen LogP contribution in [0, 0.1) is 0 Å². The maximum absolute atomic E-state index is 15.4. The fourth-order valence-electron chi connectivity index (χ4n) is 8.56. The first-order valence-corrected chi connectivity index (χ1v) is 19.3. The number of morpholine rings is 1. The summed E-state index contributed by atoms with van der Waals surface area (Å²) in [5, 5.41) is 10.7. The van der Waals surface area contributed by atoms with Gasteiger partial charge in [0.15, 0.2) is 0 Å². The first-order chi connectivity index (χ1) is 27.4. The Kier molecular flexibility index (Phi) is 9.58. The van der Waals surface area contributed by atoms with E-state index in [1.807, 2.05) is 119 Å². The van der Waals surface area contributed by atoms with E-state index in [2.05, 4.69) is 23.1 Å². The van der Waals surface area contributed by atoms with Crippen molar-refractivity contribution in [2.45, 2.75) is 32.0 Å². The molecule has 9 rings (SSSR count). The van der Waals surface area contributed by atoms with E-state index in [1.54, 1.807) is 4.90 Å². The number of carbonyl (C=O) groups excluding carboxylic acids is 2. The highest BCUT2D eigenvalue weighted by Gasteiger charge is 2.35. The minimum absolute atomic E-state index is 0.0845. The molecular weight excluding hydrogens is 703 g/mol. The number of carboxylic acid groups (broad SMARTS) is 1. The van der Waals surface area contributed by atoms with E-state index in [9.17, 15) is 14.7 Å². The Morgan fingerprint density at radius 1 is 0.696 bits per heavy atom. The van der Waals surface area contributed by atoms with E-state index in [-0.39, 0.29) is 24.4 Å². The van der Waals surface area contributed by atoms with Gasteiger partial charge in [0, 0.05) is 68.3 Å². The molecule has 0 radical (unpaired) electrons. The molecule has 10 heteroatoms. The van der Waals surface area contributed by atoms with Crippen LogP contribution in [0.25, 0.3) is 16.6 Å². The summed E-state index contributed by atoms with van der Waals surface area (Å²) in [6, 6.07) is 39.3. The Labute approximate surface area is 325 Å². The van der Waals surface area contributed by atoms with Crippen LogP contribution in [0.2, 0.25) is 0 Å². The average molecular weight is 746 g/mol. The molecule has 0 aliphatic carbocycles. The fraction of sp³-hybridized carbons (Fsp3) is 0.239. The van der Waals surface area contributed by atoms with Crippen molar-refractivity contribution in [1.29, 1.82) is 0 Å². The van der Waals surface area contributed by atoms with Crippen molar-refractivity contribution in [2.75, 3.05) is 44.3 Å². The zero-order valence-electron chi connectivity index (χ0n) is 31.1. The van der Waals surface area contributed by atoms with Gasteiger partial charge < -0.3 is 24.2 Å². The molecule has 1 N–H and O–H groups in total. The summed E-state index contributed by atoms with van der Waals surface area (Å²) in [7, 11) is 0. The number of benzene rings is 5. The van der Waals surface area contributed by atoms with Crippen LogP contribution in [0.1, 0.15) is 43.0 Å². The van der Waals surface area contributed by atoms with Crippen molar-refractivity contribution in [3.8, 4) is 5.69 Å². The summed E-state index contributed by atoms with van der Waals surface area (Å²) < 4.78 is 7.64. The Hall–Kier alpha value is -6.23. The lowest BCUT2D eigenvalue weighted by atomic mass is 9.91. The molecule has 1 atom stereocenters. The first-order valence-electron chi connectivity index (χ1n) is 19.3. The maximum atomic E-state index is 15.4. The van der Waals surface area contributed by atoms with Crippen LogP contribution in [0.4, 0.5) is 16.2 Å². The largest absolute Gasteiger partial charge is 0.465 e. The zero-order valence-corrected chi connectivity index (χ0v) is 31.1. The lowest BCUT2D eigenvalue weighted by Gasteiger charge is -2.41. The zero-order chi connectivity index (χ0) is 38.2. The van der Waals surface area contributed by atoms with Crippen LogP contribution in [-0.4, -0.2) is 87.7 Å². The maximum Gasteiger partial charge on any atom is 0.407 e. The van der Waals surface area contributed by atoms with E-state index in [0.717, 1.165) is 65.0 Å². The molecule has 0 bridgehead atoms. The second-order valence-corrected chi connectivity index (χ2v) is 14.8. The van der Waals surface area contributed by atoms with E-state index >= 15 is 4.79 Å². The van der Waals surface area contributed by atoms with Crippen LogP contribution in [0.5, 0.6) is 0 Å². The van der Waals surface area contributed by atoms with Crippen molar-refractivity contribution in [3.05, 3.63) is 161 Å². The molecule has 6 aromatic rings. The molecule has 0 spiro atoms. The number of aromatic nitrogens is 1. The number of hydrogen-bond donors (Lipinski definition) is 1. The van der Waals surface area contributed by atoms with E-state index in [0.29, 0.717) is 49.5 Å². The molecule has 1 aromatic heterocycles. The molecular formula is C46H43N5O5. The monoisotopic (exact) mass is 745 g/mol. The highest BCUT2D eigenvalue weighted by molar-refractivity contribution is 6.17. The summed E-state index contributed by atoms with van der Waals surface area (Å²) in [6.45, 7) is 4.69. The third-order valence-electron chi connectivity index (χ3n) is 11.5. The molecule has 1 saturated heterocycles. The lowest BCUT2D eigenvalue weighted by Crippen LogP contribution is -2.52. The van der Waals surface area contributed by atoms with Crippen LogP contribution in [0.15, 0.2) is 128 Å². The first kappa shape index (κ1) is 35.5. The predicted octanol–water partition coefficient (Wildman–Crippen LogP) is 7.54. The number of nitrogens with zero attached hydrogens (tertiary/aromatic N) is 5. The molecule has 56 heavy (non-hydrogen) atoms. The number of anilines is 2.